The van der Waals surface area contributed by atoms with Crippen LogP contribution in [0.4, 0.5) is 5.69 Å². The Morgan fingerprint density at radius 3 is 2.74 bits per heavy atom. The number of benzene rings is 2. The van der Waals surface area contributed by atoms with E-state index in [9.17, 15) is 0 Å². The normalized spacial score (nSPS) is 11.0. The van der Waals surface area contributed by atoms with Crippen molar-refractivity contribution in [1.82, 2.24) is 0 Å². The van der Waals surface area contributed by atoms with Crippen molar-refractivity contribution in [2.75, 3.05) is 5.73 Å². The van der Waals surface area contributed by atoms with Crippen molar-refractivity contribution < 1.29 is 0 Å². The van der Waals surface area contributed by atoms with Gasteiger partial charge < -0.3 is 5.73 Å². The number of nitrogens with two attached hydrogens (primary N) is 1. The molecule has 1 nitrogen and oxygen atoms in total. The van der Waals surface area contributed by atoms with Gasteiger partial charge in [0.05, 0.1) is 5.02 Å². The molecule has 0 amide bonds. The number of halogens is 1. The highest BCUT2D eigenvalue weighted by Crippen LogP contribution is 2.38. The van der Waals surface area contributed by atoms with Crippen LogP contribution in [0.25, 0.3) is 10.1 Å². The minimum atomic E-state index is 0.799. The Labute approximate surface area is 125 Å². The first kappa shape index (κ1) is 12.9. The Bertz CT molecular complexity index is 721. The van der Waals surface area contributed by atoms with E-state index in [0.29, 0.717) is 0 Å². The Kier molecular flexibility index (Phi) is 3.69. The quantitative estimate of drug-likeness (QED) is 0.516. The number of anilines is 1. The summed E-state index contributed by atoms with van der Waals surface area (Å²) in [6.45, 7) is 0. The van der Waals surface area contributed by atoms with Gasteiger partial charge in [0.25, 0.3) is 0 Å². The van der Waals surface area contributed by atoms with Crippen molar-refractivity contribution >= 4 is 50.5 Å². The largest absolute Gasteiger partial charge is 0.399 e. The first-order valence-electron chi connectivity index (χ1n) is 5.88. The number of nitrogen functional groups attached to an aromatic ring is 1. The molecule has 0 saturated carbocycles. The zero-order valence-electron chi connectivity index (χ0n) is 10.1. The smallest absolute Gasteiger partial charge is 0.0632 e. The van der Waals surface area contributed by atoms with E-state index in [0.717, 1.165) is 21.8 Å². The van der Waals surface area contributed by atoms with Gasteiger partial charge in [-0.2, -0.15) is 0 Å². The lowest BCUT2D eigenvalue weighted by molar-refractivity contribution is 1.43. The molecule has 0 spiro atoms. The van der Waals surface area contributed by atoms with E-state index in [4.69, 9.17) is 17.3 Å². The molecule has 2 aromatic carbocycles. The monoisotopic (exact) mass is 305 g/mol. The molecule has 0 aliphatic carbocycles. The molecule has 3 rings (SSSR count). The van der Waals surface area contributed by atoms with Gasteiger partial charge in [-0.1, -0.05) is 35.9 Å². The Morgan fingerprint density at radius 1 is 1.11 bits per heavy atom. The van der Waals surface area contributed by atoms with Gasteiger partial charge in [0.2, 0.25) is 0 Å². The molecule has 0 unspecified atom stereocenters. The van der Waals surface area contributed by atoms with E-state index in [1.165, 1.54) is 14.5 Å². The maximum atomic E-state index is 6.43. The predicted molar refractivity (Wildman–Crippen MR) is 87.3 cm³/mol. The average Bonchev–Trinajstić information content (AvgIpc) is 2.74. The predicted octanol–water partition coefficient (Wildman–Crippen LogP) is 5.43. The lowest BCUT2D eigenvalue weighted by Crippen LogP contribution is -1.83. The number of thiophene rings is 1. The fourth-order valence-electron chi connectivity index (χ4n) is 1.91. The van der Waals surface area contributed by atoms with Gasteiger partial charge in [0.15, 0.2) is 0 Å². The highest BCUT2D eigenvalue weighted by Gasteiger charge is 2.09. The first-order valence-corrected chi connectivity index (χ1v) is 8.06. The van der Waals surface area contributed by atoms with Crippen LogP contribution >= 0.6 is 34.7 Å². The molecule has 19 heavy (non-hydrogen) atoms. The van der Waals surface area contributed by atoms with E-state index in [-0.39, 0.29) is 0 Å². The van der Waals surface area contributed by atoms with Gasteiger partial charge in [-0.05, 0) is 24.3 Å². The molecule has 96 valence electrons. The summed E-state index contributed by atoms with van der Waals surface area (Å²) in [5, 5.41) is 2.04. The number of hydrogen-bond acceptors (Lipinski definition) is 3. The van der Waals surface area contributed by atoms with Gasteiger partial charge in [0, 0.05) is 31.3 Å². The minimum Gasteiger partial charge on any atom is -0.399 e. The summed E-state index contributed by atoms with van der Waals surface area (Å²) in [5.41, 5.74) is 6.58. The second-order valence-electron chi connectivity index (χ2n) is 4.20. The van der Waals surface area contributed by atoms with E-state index in [1.807, 2.05) is 30.3 Å². The number of fused-ring (bicyclic) bond motifs is 1. The van der Waals surface area contributed by atoms with Gasteiger partial charge in [-0.15, -0.1) is 23.1 Å². The SMILES string of the molecule is Nc1cccc(SCc2sc3ccccc3c2Cl)c1. The van der Waals surface area contributed by atoms with Gasteiger partial charge in [-0.3, -0.25) is 0 Å². The van der Waals surface area contributed by atoms with Crippen LogP contribution in [0.1, 0.15) is 4.88 Å². The molecular weight excluding hydrogens is 294 g/mol. The van der Waals surface area contributed by atoms with Crippen molar-refractivity contribution in [3.8, 4) is 0 Å². The molecule has 0 bridgehead atoms. The van der Waals surface area contributed by atoms with Crippen LogP contribution in [-0.2, 0) is 5.75 Å². The maximum absolute atomic E-state index is 6.43. The van der Waals surface area contributed by atoms with Crippen LogP contribution < -0.4 is 5.73 Å². The van der Waals surface area contributed by atoms with Crippen LogP contribution in [0.3, 0.4) is 0 Å². The molecule has 2 N–H and O–H groups in total. The molecule has 1 aromatic heterocycles. The summed E-state index contributed by atoms with van der Waals surface area (Å²) in [5.74, 6) is 0.877. The fraction of sp³-hybridized carbons (Fsp3) is 0.0667. The van der Waals surface area contributed by atoms with Crippen molar-refractivity contribution in [3.63, 3.8) is 0 Å². The maximum Gasteiger partial charge on any atom is 0.0632 e. The second-order valence-corrected chi connectivity index (χ2v) is 6.76. The van der Waals surface area contributed by atoms with Crippen molar-refractivity contribution in [2.24, 2.45) is 0 Å². The van der Waals surface area contributed by atoms with Crippen LogP contribution in [0.15, 0.2) is 53.4 Å². The second kappa shape index (κ2) is 5.45. The summed E-state index contributed by atoms with van der Waals surface area (Å²) < 4.78 is 1.25. The summed E-state index contributed by atoms with van der Waals surface area (Å²) in [4.78, 5) is 2.39. The first-order chi connectivity index (χ1) is 9.24. The standard InChI is InChI=1S/C15H12ClNS2/c16-15-12-6-1-2-7-13(12)19-14(15)9-18-11-5-3-4-10(17)8-11/h1-8H,9,17H2. The third-order valence-corrected chi connectivity index (χ3v) is 5.75. The van der Waals surface area contributed by atoms with Crippen molar-refractivity contribution in [3.05, 3.63) is 58.4 Å². The third-order valence-electron chi connectivity index (χ3n) is 2.83. The molecule has 0 atom stereocenters. The zero-order chi connectivity index (χ0) is 13.2. The number of thioether (sulfide) groups is 1. The topological polar surface area (TPSA) is 26.0 Å². The van der Waals surface area contributed by atoms with E-state index in [2.05, 4.69) is 18.2 Å². The van der Waals surface area contributed by atoms with E-state index < -0.39 is 0 Å². The van der Waals surface area contributed by atoms with Gasteiger partial charge >= 0.3 is 0 Å². The van der Waals surface area contributed by atoms with Crippen LogP contribution in [0, 0.1) is 0 Å². The molecule has 0 fully saturated rings. The highest BCUT2D eigenvalue weighted by atomic mass is 35.5. The highest BCUT2D eigenvalue weighted by molar-refractivity contribution is 7.98. The molecule has 0 aliphatic rings. The molecular formula is C15H12ClNS2. The fourth-order valence-corrected chi connectivity index (χ4v) is 4.53. The van der Waals surface area contributed by atoms with E-state index in [1.54, 1.807) is 23.1 Å². The summed E-state index contributed by atoms with van der Waals surface area (Å²) in [7, 11) is 0. The summed E-state index contributed by atoms with van der Waals surface area (Å²) >= 11 is 9.95. The molecule has 0 radical (unpaired) electrons. The van der Waals surface area contributed by atoms with Crippen molar-refractivity contribution in [2.45, 2.75) is 10.6 Å². The van der Waals surface area contributed by atoms with Crippen LogP contribution in [0.5, 0.6) is 0 Å². The minimum absolute atomic E-state index is 0.799. The molecule has 3 aromatic rings. The average molecular weight is 306 g/mol. The Morgan fingerprint density at radius 2 is 1.95 bits per heavy atom. The summed E-state index contributed by atoms with van der Waals surface area (Å²) in [6, 6.07) is 16.2. The van der Waals surface area contributed by atoms with Crippen molar-refractivity contribution in [1.29, 1.82) is 0 Å². The lowest BCUT2D eigenvalue weighted by Gasteiger charge is -2.01. The third kappa shape index (κ3) is 2.73. The Hall–Kier alpha value is -1.16. The molecule has 4 heteroatoms. The van der Waals surface area contributed by atoms with E-state index >= 15 is 0 Å². The molecule has 0 aliphatic heterocycles. The van der Waals surface area contributed by atoms with Crippen LogP contribution in [-0.4, -0.2) is 0 Å². The number of rotatable bonds is 3. The zero-order valence-corrected chi connectivity index (χ0v) is 12.5. The summed E-state index contributed by atoms with van der Waals surface area (Å²) in [6.07, 6.45) is 0. The van der Waals surface area contributed by atoms with Crippen LogP contribution in [0.2, 0.25) is 5.02 Å². The number of hydrogen-bond donors (Lipinski definition) is 1. The Balaban J connectivity index is 1.84. The molecule has 1 heterocycles. The molecule has 0 saturated heterocycles. The van der Waals surface area contributed by atoms with Gasteiger partial charge in [-0.25, -0.2) is 0 Å². The lowest BCUT2D eigenvalue weighted by atomic mass is 10.2. The van der Waals surface area contributed by atoms with Gasteiger partial charge in [0.1, 0.15) is 0 Å².